The van der Waals surface area contributed by atoms with E-state index in [1.807, 2.05) is 13.8 Å². The van der Waals surface area contributed by atoms with Gasteiger partial charge in [-0.1, -0.05) is 66.3 Å². The molecule has 100 valence electrons. The van der Waals surface area contributed by atoms with Crippen LogP contribution in [0.3, 0.4) is 0 Å². The highest BCUT2D eigenvalue weighted by molar-refractivity contribution is 5.28. The fraction of sp³-hybridized carbons (Fsp3) is 0.647. The van der Waals surface area contributed by atoms with Gasteiger partial charge in [0.1, 0.15) is 0 Å². The molecule has 0 saturated carbocycles. The van der Waals surface area contributed by atoms with Crippen molar-refractivity contribution in [2.24, 2.45) is 5.92 Å². The summed E-state index contributed by atoms with van der Waals surface area (Å²) in [5.41, 5.74) is 3.16. The maximum absolute atomic E-state index is 2.26. The smallest absolute Gasteiger partial charge is 0.0276 e. The Hall–Kier alpha value is -0.780. The lowest BCUT2D eigenvalue weighted by Crippen LogP contribution is -2.00. The summed E-state index contributed by atoms with van der Waals surface area (Å²) in [5, 5.41) is 0. The van der Waals surface area contributed by atoms with Crippen molar-refractivity contribution < 1.29 is 0 Å². The third-order valence-electron chi connectivity index (χ3n) is 2.26. The fourth-order valence-corrected chi connectivity index (χ4v) is 1.68. The van der Waals surface area contributed by atoms with E-state index >= 15 is 0 Å². The molecule has 0 fully saturated rings. The van der Waals surface area contributed by atoms with Crippen molar-refractivity contribution in [1.29, 1.82) is 0 Å². The van der Waals surface area contributed by atoms with Crippen molar-refractivity contribution in [2.75, 3.05) is 0 Å². The van der Waals surface area contributed by atoms with Gasteiger partial charge in [0.15, 0.2) is 0 Å². The van der Waals surface area contributed by atoms with Crippen LogP contribution in [0.25, 0.3) is 0 Å². The van der Waals surface area contributed by atoms with Crippen molar-refractivity contribution in [1.82, 2.24) is 0 Å². The van der Waals surface area contributed by atoms with Crippen LogP contribution in [0, 0.1) is 5.92 Å². The first kappa shape index (κ1) is 18.6. The van der Waals surface area contributed by atoms with Gasteiger partial charge in [-0.3, -0.25) is 0 Å². The summed E-state index contributed by atoms with van der Waals surface area (Å²) in [7, 11) is 0. The SMILES string of the molecule is C.CC.CC(C)C.c1ccc2c(c1)CCCC2. The van der Waals surface area contributed by atoms with Crippen LogP contribution in [-0.4, -0.2) is 0 Å². The summed E-state index contributed by atoms with van der Waals surface area (Å²) < 4.78 is 0. The average molecular weight is 236 g/mol. The van der Waals surface area contributed by atoms with Crippen LogP contribution < -0.4 is 0 Å². The highest BCUT2D eigenvalue weighted by Crippen LogP contribution is 2.19. The number of fused-ring (bicyclic) bond motifs is 1. The van der Waals surface area contributed by atoms with Crippen LogP contribution >= 0.6 is 0 Å². The largest absolute Gasteiger partial charge is 0.0776 e. The third-order valence-corrected chi connectivity index (χ3v) is 2.26. The van der Waals surface area contributed by atoms with Gasteiger partial charge in [-0.05, 0) is 42.7 Å². The Morgan fingerprint density at radius 2 is 1.12 bits per heavy atom. The molecule has 1 aliphatic carbocycles. The molecular weight excluding hydrogens is 204 g/mol. The Kier molecular flexibility index (Phi) is 12.8. The standard InChI is InChI=1S/C10H12.C4H10.C2H6.CH4/c1-2-6-10-8-4-3-7-9(10)5-1;1-4(2)3;1-2;/h1-2,5-6H,3-4,7-8H2;4H,1-3H3;1-2H3;1H4. The maximum atomic E-state index is 2.26. The number of aryl methyl sites for hydroxylation is 2. The summed E-state index contributed by atoms with van der Waals surface area (Å²) in [4.78, 5) is 0. The minimum Gasteiger partial charge on any atom is -0.0776 e. The van der Waals surface area contributed by atoms with Gasteiger partial charge < -0.3 is 0 Å². The van der Waals surface area contributed by atoms with Crippen molar-refractivity contribution in [3.63, 3.8) is 0 Å². The lowest BCUT2D eigenvalue weighted by atomic mass is 9.92. The van der Waals surface area contributed by atoms with E-state index in [2.05, 4.69) is 45.0 Å². The molecule has 0 amide bonds. The molecule has 0 heteroatoms. The zero-order chi connectivity index (χ0) is 12.4. The molecule has 17 heavy (non-hydrogen) atoms. The topological polar surface area (TPSA) is 0 Å². The molecule has 0 aliphatic heterocycles. The Balaban J connectivity index is 0. The monoisotopic (exact) mass is 236 g/mol. The molecule has 0 atom stereocenters. The summed E-state index contributed by atoms with van der Waals surface area (Å²) in [6.07, 6.45) is 5.38. The van der Waals surface area contributed by atoms with E-state index in [1.54, 1.807) is 11.1 Å². The molecule has 1 aromatic carbocycles. The number of rotatable bonds is 0. The molecule has 0 nitrogen and oxygen atoms in total. The second-order valence-corrected chi connectivity index (χ2v) is 4.71. The number of hydrogen-bond donors (Lipinski definition) is 0. The minimum absolute atomic E-state index is 0. The molecule has 0 saturated heterocycles. The first-order valence-electron chi connectivity index (χ1n) is 6.77. The summed E-state index contributed by atoms with van der Waals surface area (Å²) in [5.74, 6) is 0.833. The molecule has 0 aromatic heterocycles. The number of hydrogen-bond acceptors (Lipinski definition) is 0. The molecule has 0 heterocycles. The van der Waals surface area contributed by atoms with Gasteiger partial charge in [-0.2, -0.15) is 0 Å². The van der Waals surface area contributed by atoms with E-state index in [4.69, 9.17) is 0 Å². The van der Waals surface area contributed by atoms with E-state index in [-0.39, 0.29) is 7.43 Å². The fourth-order valence-electron chi connectivity index (χ4n) is 1.68. The van der Waals surface area contributed by atoms with Crippen molar-refractivity contribution >= 4 is 0 Å². The second kappa shape index (κ2) is 11.7. The molecular formula is C17H32. The normalized spacial score (nSPS) is 12.1. The van der Waals surface area contributed by atoms with E-state index in [1.165, 1.54) is 25.7 Å². The molecule has 1 aliphatic rings. The zero-order valence-electron chi connectivity index (χ0n) is 11.7. The summed E-state index contributed by atoms with van der Waals surface area (Å²) >= 11 is 0. The Bertz CT molecular complexity index is 233. The van der Waals surface area contributed by atoms with Gasteiger partial charge >= 0.3 is 0 Å². The highest BCUT2D eigenvalue weighted by Gasteiger charge is 2.05. The van der Waals surface area contributed by atoms with E-state index < -0.39 is 0 Å². The van der Waals surface area contributed by atoms with Gasteiger partial charge in [-0.25, -0.2) is 0 Å². The minimum atomic E-state index is 0. The van der Waals surface area contributed by atoms with Crippen LogP contribution in [0.15, 0.2) is 24.3 Å². The van der Waals surface area contributed by atoms with Gasteiger partial charge in [0.25, 0.3) is 0 Å². The van der Waals surface area contributed by atoms with Crippen molar-refractivity contribution in [2.45, 2.75) is 67.7 Å². The Morgan fingerprint density at radius 3 is 1.41 bits per heavy atom. The third kappa shape index (κ3) is 8.97. The van der Waals surface area contributed by atoms with Gasteiger partial charge in [0.05, 0.1) is 0 Å². The van der Waals surface area contributed by atoms with Crippen LogP contribution in [0.4, 0.5) is 0 Å². The first-order chi connectivity index (χ1) is 7.70. The van der Waals surface area contributed by atoms with Gasteiger partial charge in [-0.15, -0.1) is 0 Å². The Morgan fingerprint density at radius 1 is 0.824 bits per heavy atom. The van der Waals surface area contributed by atoms with Crippen molar-refractivity contribution in [3.8, 4) is 0 Å². The quantitative estimate of drug-likeness (QED) is 0.527. The molecule has 0 N–H and O–H groups in total. The highest BCUT2D eigenvalue weighted by atomic mass is 14.1. The molecule has 1 aromatic rings. The molecule has 0 unspecified atom stereocenters. The molecule has 0 radical (unpaired) electrons. The van der Waals surface area contributed by atoms with Crippen LogP contribution in [0.2, 0.25) is 0 Å². The number of benzene rings is 1. The van der Waals surface area contributed by atoms with E-state index in [9.17, 15) is 0 Å². The molecule has 0 spiro atoms. The second-order valence-electron chi connectivity index (χ2n) is 4.71. The average Bonchev–Trinajstić information content (AvgIpc) is 2.31. The lowest BCUT2D eigenvalue weighted by Gasteiger charge is -2.13. The van der Waals surface area contributed by atoms with Crippen LogP contribution in [0.5, 0.6) is 0 Å². The van der Waals surface area contributed by atoms with E-state index in [0.29, 0.717) is 0 Å². The van der Waals surface area contributed by atoms with Gasteiger partial charge in [0.2, 0.25) is 0 Å². The summed E-state index contributed by atoms with van der Waals surface area (Å²) in [6.45, 7) is 10.5. The summed E-state index contributed by atoms with van der Waals surface area (Å²) in [6, 6.07) is 8.80. The first-order valence-corrected chi connectivity index (χ1v) is 6.77. The maximum Gasteiger partial charge on any atom is -0.0276 e. The predicted molar refractivity (Wildman–Crippen MR) is 81.7 cm³/mol. The molecule has 2 rings (SSSR count). The molecule has 0 bridgehead atoms. The zero-order valence-corrected chi connectivity index (χ0v) is 11.7. The van der Waals surface area contributed by atoms with Gasteiger partial charge in [0, 0.05) is 0 Å². The van der Waals surface area contributed by atoms with Crippen LogP contribution in [0.1, 0.15) is 66.0 Å². The van der Waals surface area contributed by atoms with E-state index in [0.717, 1.165) is 5.92 Å². The van der Waals surface area contributed by atoms with Crippen LogP contribution in [-0.2, 0) is 12.8 Å². The van der Waals surface area contributed by atoms with Crippen molar-refractivity contribution in [3.05, 3.63) is 35.4 Å². The Labute approximate surface area is 109 Å². The predicted octanol–water partition coefficient (Wildman–Crippen LogP) is 5.89. The lowest BCUT2D eigenvalue weighted by molar-refractivity contribution is 0.685.